The molecule has 1 saturated carbocycles. The van der Waals surface area contributed by atoms with Gasteiger partial charge in [-0.25, -0.2) is 8.42 Å². The molecule has 3 atom stereocenters. The van der Waals surface area contributed by atoms with Crippen molar-refractivity contribution in [1.82, 2.24) is 9.62 Å². The Balaban J connectivity index is 1.89. The highest BCUT2D eigenvalue weighted by atomic mass is 32.2. The molecule has 1 aliphatic carbocycles. The Morgan fingerprint density at radius 1 is 1.20 bits per heavy atom. The number of hydrogen-bond donors (Lipinski definition) is 1. The summed E-state index contributed by atoms with van der Waals surface area (Å²) in [6.45, 7) is 3.39. The summed E-state index contributed by atoms with van der Waals surface area (Å²) in [5, 5.41) is 3.13. The molecule has 1 N–H and O–H groups in total. The van der Waals surface area contributed by atoms with Crippen LogP contribution in [0.15, 0.2) is 29.2 Å². The summed E-state index contributed by atoms with van der Waals surface area (Å²) in [6.07, 6.45) is 2.19. The van der Waals surface area contributed by atoms with E-state index >= 15 is 0 Å². The Bertz CT molecular complexity index is 582. The molecule has 1 saturated heterocycles. The Morgan fingerprint density at radius 3 is 2.55 bits per heavy atom. The summed E-state index contributed by atoms with van der Waals surface area (Å²) in [5.41, 5.74) is 1.08. The van der Waals surface area contributed by atoms with Gasteiger partial charge in [-0.2, -0.15) is 4.31 Å². The van der Waals surface area contributed by atoms with Gasteiger partial charge in [0.05, 0.1) is 4.90 Å². The van der Waals surface area contributed by atoms with Crippen molar-refractivity contribution < 1.29 is 8.42 Å². The van der Waals surface area contributed by atoms with Gasteiger partial charge in [0, 0.05) is 19.1 Å². The fourth-order valence-corrected chi connectivity index (χ4v) is 4.92. The van der Waals surface area contributed by atoms with Crippen molar-refractivity contribution >= 4 is 10.0 Å². The fourth-order valence-electron chi connectivity index (χ4n) is 3.23. The summed E-state index contributed by atoms with van der Waals surface area (Å²) in [5.74, 6) is 1.33. The molecule has 1 aliphatic heterocycles. The Labute approximate surface area is 121 Å². The van der Waals surface area contributed by atoms with Crippen LogP contribution in [0.25, 0.3) is 0 Å². The molecule has 1 unspecified atom stereocenters. The predicted octanol–water partition coefficient (Wildman–Crippen LogP) is 1.61. The van der Waals surface area contributed by atoms with Crippen molar-refractivity contribution in [2.45, 2.75) is 30.7 Å². The fraction of sp³-hybridized carbons (Fsp3) is 0.600. The predicted molar refractivity (Wildman–Crippen MR) is 79.0 cm³/mol. The number of rotatable bonds is 4. The van der Waals surface area contributed by atoms with Gasteiger partial charge in [0.25, 0.3) is 0 Å². The highest BCUT2D eigenvalue weighted by Crippen LogP contribution is 2.48. The topological polar surface area (TPSA) is 49.4 Å². The number of hydrogen-bond acceptors (Lipinski definition) is 3. The number of piperidine rings is 1. The van der Waals surface area contributed by atoms with Gasteiger partial charge in [-0.15, -0.1) is 0 Å². The molecule has 3 rings (SSSR count). The van der Waals surface area contributed by atoms with Crippen molar-refractivity contribution in [3.8, 4) is 0 Å². The molecular formula is C15H22N2O2S. The molecule has 1 heterocycles. The van der Waals surface area contributed by atoms with Gasteiger partial charge in [-0.05, 0) is 50.8 Å². The van der Waals surface area contributed by atoms with Crippen LogP contribution in [0.4, 0.5) is 0 Å². The van der Waals surface area contributed by atoms with Gasteiger partial charge < -0.3 is 5.32 Å². The van der Waals surface area contributed by atoms with E-state index in [-0.39, 0.29) is 6.04 Å². The van der Waals surface area contributed by atoms with Crippen molar-refractivity contribution in [3.63, 3.8) is 0 Å². The molecule has 0 spiro atoms. The summed E-state index contributed by atoms with van der Waals surface area (Å²) in [4.78, 5) is 0.420. The SMILES string of the molecule is CNC[C@@H]1CC2C[C@H]2CN1S(=O)(=O)c1ccc(C)cc1. The molecule has 2 fully saturated rings. The van der Waals surface area contributed by atoms with E-state index in [4.69, 9.17) is 0 Å². The average Bonchev–Trinajstić information content (AvgIpc) is 3.17. The average molecular weight is 294 g/mol. The van der Waals surface area contributed by atoms with Gasteiger partial charge in [-0.1, -0.05) is 17.7 Å². The molecule has 4 nitrogen and oxygen atoms in total. The monoisotopic (exact) mass is 294 g/mol. The largest absolute Gasteiger partial charge is 0.318 e. The van der Waals surface area contributed by atoms with E-state index in [1.807, 2.05) is 26.1 Å². The lowest BCUT2D eigenvalue weighted by Gasteiger charge is -2.34. The lowest BCUT2D eigenvalue weighted by atomic mass is 10.1. The van der Waals surface area contributed by atoms with Crippen LogP contribution in [0.2, 0.25) is 0 Å². The third kappa shape index (κ3) is 2.50. The molecule has 0 radical (unpaired) electrons. The standard InChI is InChI=1S/C15H22N2O2S/c1-11-3-5-15(6-4-11)20(18,19)17-10-13-7-12(13)8-14(17)9-16-2/h3-6,12-14,16H,7-10H2,1-2H3/t12?,13-,14-/m0/s1. The maximum absolute atomic E-state index is 12.8. The lowest BCUT2D eigenvalue weighted by molar-refractivity contribution is 0.239. The van der Waals surface area contributed by atoms with E-state index in [1.165, 1.54) is 6.42 Å². The van der Waals surface area contributed by atoms with Crippen LogP contribution in [-0.2, 0) is 10.0 Å². The van der Waals surface area contributed by atoms with Crippen molar-refractivity contribution in [1.29, 1.82) is 0 Å². The number of sulfonamides is 1. The summed E-state index contributed by atoms with van der Waals surface area (Å²) in [7, 11) is -1.48. The minimum atomic E-state index is -3.36. The number of benzene rings is 1. The Kier molecular flexibility index (Phi) is 3.60. The van der Waals surface area contributed by atoms with E-state index < -0.39 is 10.0 Å². The first-order chi connectivity index (χ1) is 9.52. The maximum atomic E-state index is 12.8. The van der Waals surface area contributed by atoms with Crippen molar-refractivity contribution in [3.05, 3.63) is 29.8 Å². The van der Waals surface area contributed by atoms with Gasteiger partial charge in [0.1, 0.15) is 0 Å². The smallest absolute Gasteiger partial charge is 0.243 e. The molecular weight excluding hydrogens is 272 g/mol. The second-order valence-corrected chi connectivity index (χ2v) is 7.98. The van der Waals surface area contributed by atoms with E-state index in [0.717, 1.165) is 24.4 Å². The number of nitrogens with zero attached hydrogens (tertiary/aromatic N) is 1. The van der Waals surface area contributed by atoms with Gasteiger partial charge in [0.2, 0.25) is 10.0 Å². The second kappa shape index (κ2) is 5.13. The van der Waals surface area contributed by atoms with Crippen LogP contribution >= 0.6 is 0 Å². The molecule has 0 amide bonds. The minimum Gasteiger partial charge on any atom is -0.318 e. The zero-order valence-electron chi connectivity index (χ0n) is 12.0. The number of likely N-dealkylation sites (N-methyl/N-ethyl adjacent to an activating group) is 1. The van der Waals surface area contributed by atoms with Gasteiger partial charge in [0.15, 0.2) is 0 Å². The molecule has 5 heteroatoms. The molecule has 1 aromatic rings. The summed E-state index contributed by atoms with van der Waals surface area (Å²) >= 11 is 0. The Morgan fingerprint density at radius 2 is 1.90 bits per heavy atom. The number of nitrogens with one attached hydrogen (secondary N) is 1. The third-order valence-electron chi connectivity index (χ3n) is 4.53. The summed E-state index contributed by atoms with van der Waals surface area (Å²) in [6, 6.07) is 7.27. The third-order valence-corrected chi connectivity index (χ3v) is 6.47. The molecule has 20 heavy (non-hydrogen) atoms. The maximum Gasteiger partial charge on any atom is 0.243 e. The first-order valence-corrected chi connectivity index (χ1v) is 8.69. The second-order valence-electron chi connectivity index (χ2n) is 6.09. The van der Waals surface area contributed by atoms with E-state index in [1.54, 1.807) is 16.4 Å². The van der Waals surface area contributed by atoms with Gasteiger partial charge >= 0.3 is 0 Å². The first-order valence-electron chi connectivity index (χ1n) is 7.25. The highest BCUT2D eigenvalue weighted by molar-refractivity contribution is 7.89. The number of aryl methyl sites for hydroxylation is 1. The van der Waals surface area contributed by atoms with Gasteiger partial charge in [-0.3, -0.25) is 0 Å². The van der Waals surface area contributed by atoms with Crippen LogP contribution in [0.1, 0.15) is 18.4 Å². The zero-order chi connectivity index (χ0) is 14.3. The normalized spacial score (nSPS) is 30.0. The lowest BCUT2D eigenvalue weighted by Crippen LogP contribution is -2.48. The Hall–Kier alpha value is -0.910. The van der Waals surface area contributed by atoms with Crippen LogP contribution in [0, 0.1) is 18.8 Å². The molecule has 1 aromatic carbocycles. The quantitative estimate of drug-likeness (QED) is 0.918. The van der Waals surface area contributed by atoms with Crippen LogP contribution in [0.5, 0.6) is 0 Å². The highest BCUT2D eigenvalue weighted by Gasteiger charge is 2.48. The molecule has 2 aliphatic rings. The molecule has 0 bridgehead atoms. The van der Waals surface area contributed by atoms with E-state index in [9.17, 15) is 8.42 Å². The first kappa shape index (κ1) is 14.0. The van der Waals surface area contributed by atoms with Crippen molar-refractivity contribution in [2.75, 3.05) is 20.1 Å². The van der Waals surface area contributed by atoms with E-state index in [2.05, 4.69) is 5.32 Å². The summed E-state index contributed by atoms with van der Waals surface area (Å²) < 4.78 is 27.4. The number of fused-ring (bicyclic) bond motifs is 1. The van der Waals surface area contributed by atoms with Crippen LogP contribution < -0.4 is 5.32 Å². The molecule has 110 valence electrons. The van der Waals surface area contributed by atoms with Crippen molar-refractivity contribution in [2.24, 2.45) is 11.8 Å². The van der Waals surface area contributed by atoms with Crippen LogP contribution in [-0.4, -0.2) is 38.9 Å². The minimum absolute atomic E-state index is 0.0926. The zero-order valence-corrected chi connectivity index (χ0v) is 12.9. The van der Waals surface area contributed by atoms with Crippen LogP contribution in [0.3, 0.4) is 0 Å². The van der Waals surface area contributed by atoms with E-state index in [0.29, 0.717) is 17.4 Å². The molecule has 0 aromatic heterocycles.